The number of carbonyl (C=O) groups is 2. The van der Waals surface area contributed by atoms with Gasteiger partial charge in [-0.1, -0.05) is 50.2 Å². The molecule has 5 heteroatoms. The van der Waals surface area contributed by atoms with Crippen LogP contribution in [0.3, 0.4) is 0 Å². The number of amides is 2. The van der Waals surface area contributed by atoms with Crippen LogP contribution in [0.15, 0.2) is 54.7 Å². The first-order chi connectivity index (χ1) is 12.0. The Morgan fingerprint density at radius 2 is 1.72 bits per heavy atom. The standard InChI is InChI=1S/C20H25N3O2/c1-15(2)20(25)23(14-17-9-5-4-6-10-17)16(3)19(24)22-13-18-11-7-8-12-21-18/h4-12,15-16H,13-14H2,1-3H3,(H,22,24)/t16-/m0/s1. The third-order valence-electron chi connectivity index (χ3n) is 3.99. The minimum atomic E-state index is -0.557. The van der Waals surface area contributed by atoms with Crippen molar-refractivity contribution in [2.24, 2.45) is 5.92 Å². The van der Waals surface area contributed by atoms with Crippen LogP contribution >= 0.6 is 0 Å². The van der Waals surface area contributed by atoms with E-state index in [0.717, 1.165) is 11.3 Å². The summed E-state index contributed by atoms with van der Waals surface area (Å²) in [5.74, 6) is -0.394. The summed E-state index contributed by atoms with van der Waals surface area (Å²) in [6, 6.07) is 14.7. The highest BCUT2D eigenvalue weighted by Gasteiger charge is 2.27. The quantitative estimate of drug-likeness (QED) is 0.844. The lowest BCUT2D eigenvalue weighted by Crippen LogP contribution is -2.48. The average molecular weight is 339 g/mol. The lowest BCUT2D eigenvalue weighted by molar-refractivity contribution is -0.143. The number of benzene rings is 1. The summed E-state index contributed by atoms with van der Waals surface area (Å²) in [6.07, 6.45) is 1.69. The van der Waals surface area contributed by atoms with E-state index in [1.54, 1.807) is 18.0 Å². The number of hydrogen-bond acceptors (Lipinski definition) is 3. The Morgan fingerprint density at radius 3 is 2.32 bits per heavy atom. The van der Waals surface area contributed by atoms with Gasteiger partial charge in [0, 0.05) is 18.7 Å². The Hall–Kier alpha value is -2.69. The molecule has 1 heterocycles. The Morgan fingerprint density at radius 1 is 1.04 bits per heavy atom. The van der Waals surface area contributed by atoms with E-state index in [-0.39, 0.29) is 17.7 Å². The van der Waals surface area contributed by atoms with Crippen molar-refractivity contribution in [1.29, 1.82) is 0 Å². The molecule has 2 rings (SSSR count). The van der Waals surface area contributed by atoms with Gasteiger partial charge in [-0.15, -0.1) is 0 Å². The van der Waals surface area contributed by atoms with E-state index in [4.69, 9.17) is 0 Å². The first kappa shape index (κ1) is 18.6. The van der Waals surface area contributed by atoms with Gasteiger partial charge in [-0.05, 0) is 24.6 Å². The van der Waals surface area contributed by atoms with Gasteiger partial charge in [-0.3, -0.25) is 14.6 Å². The van der Waals surface area contributed by atoms with E-state index in [2.05, 4.69) is 10.3 Å². The predicted octanol–water partition coefficient (Wildman–Crippen LogP) is 2.77. The third-order valence-corrected chi connectivity index (χ3v) is 3.99. The van der Waals surface area contributed by atoms with Crippen molar-refractivity contribution in [2.45, 2.75) is 39.9 Å². The zero-order valence-electron chi connectivity index (χ0n) is 15.0. The molecule has 25 heavy (non-hydrogen) atoms. The fraction of sp³-hybridized carbons (Fsp3) is 0.350. The largest absolute Gasteiger partial charge is 0.349 e. The fourth-order valence-corrected chi connectivity index (χ4v) is 2.49. The maximum Gasteiger partial charge on any atom is 0.242 e. The van der Waals surface area contributed by atoms with Crippen molar-refractivity contribution < 1.29 is 9.59 Å². The highest BCUT2D eigenvalue weighted by Crippen LogP contribution is 2.13. The Labute approximate surface area is 149 Å². The molecule has 0 unspecified atom stereocenters. The second kappa shape index (κ2) is 8.97. The van der Waals surface area contributed by atoms with Gasteiger partial charge in [0.05, 0.1) is 12.2 Å². The predicted molar refractivity (Wildman–Crippen MR) is 97.4 cm³/mol. The molecule has 1 N–H and O–H groups in total. The van der Waals surface area contributed by atoms with Crippen LogP contribution in [0, 0.1) is 5.92 Å². The molecule has 2 aromatic rings. The molecule has 0 fully saturated rings. The van der Waals surface area contributed by atoms with E-state index < -0.39 is 6.04 Å². The molecule has 132 valence electrons. The lowest BCUT2D eigenvalue weighted by atomic mass is 10.1. The number of carbonyl (C=O) groups excluding carboxylic acids is 2. The Kier molecular flexibility index (Phi) is 6.69. The van der Waals surface area contributed by atoms with E-state index in [0.29, 0.717) is 13.1 Å². The molecule has 0 saturated carbocycles. The summed E-state index contributed by atoms with van der Waals surface area (Å²) in [7, 11) is 0. The van der Waals surface area contributed by atoms with E-state index in [1.807, 2.05) is 62.4 Å². The maximum absolute atomic E-state index is 12.6. The van der Waals surface area contributed by atoms with Crippen LogP contribution in [0.1, 0.15) is 32.0 Å². The van der Waals surface area contributed by atoms with Crippen molar-refractivity contribution in [3.8, 4) is 0 Å². The highest BCUT2D eigenvalue weighted by atomic mass is 16.2. The highest BCUT2D eigenvalue weighted by molar-refractivity contribution is 5.88. The minimum absolute atomic E-state index is 0.0376. The Bertz CT molecular complexity index is 687. The summed E-state index contributed by atoms with van der Waals surface area (Å²) < 4.78 is 0. The zero-order chi connectivity index (χ0) is 18.2. The van der Waals surface area contributed by atoms with Crippen molar-refractivity contribution >= 4 is 11.8 Å². The Balaban J connectivity index is 2.06. The molecule has 0 radical (unpaired) electrons. The topological polar surface area (TPSA) is 62.3 Å². The van der Waals surface area contributed by atoms with Crippen molar-refractivity contribution in [1.82, 2.24) is 15.2 Å². The second-order valence-electron chi connectivity index (χ2n) is 6.32. The average Bonchev–Trinajstić information content (AvgIpc) is 2.64. The van der Waals surface area contributed by atoms with Crippen LogP contribution < -0.4 is 5.32 Å². The van der Waals surface area contributed by atoms with Gasteiger partial charge in [-0.25, -0.2) is 0 Å². The van der Waals surface area contributed by atoms with Gasteiger partial charge >= 0.3 is 0 Å². The first-order valence-electron chi connectivity index (χ1n) is 8.51. The molecule has 1 aromatic heterocycles. The van der Waals surface area contributed by atoms with Crippen LogP contribution in [-0.2, 0) is 22.7 Å². The number of nitrogens with zero attached hydrogens (tertiary/aromatic N) is 2. The molecule has 1 atom stereocenters. The molecular formula is C20H25N3O2. The minimum Gasteiger partial charge on any atom is -0.349 e. The fourth-order valence-electron chi connectivity index (χ4n) is 2.49. The molecule has 0 bridgehead atoms. The van der Waals surface area contributed by atoms with Gasteiger partial charge in [0.15, 0.2) is 0 Å². The molecule has 2 amide bonds. The summed E-state index contributed by atoms with van der Waals surface area (Å²) in [6.45, 7) is 6.21. The summed E-state index contributed by atoms with van der Waals surface area (Å²) in [4.78, 5) is 31.0. The molecule has 0 aliphatic carbocycles. The third kappa shape index (κ3) is 5.41. The van der Waals surface area contributed by atoms with Crippen molar-refractivity contribution in [2.75, 3.05) is 0 Å². The van der Waals surface area contributed by atoms with Crippen molar-refractivity contribution in [3.63, 3.8) is 0 Å². The summed E-state index contributed by atoms with van der Waals surface area (Å²) in [5, 5.41) is 2.86. The second-order valence-corrected chi connectivity index (χ2v) is 6.32. The van der Waals surface area contributed by atoms with Crippen LogP contribution in [-0.4, -0.2) is 27.7 Å². The molecule has 5 nitrogen and oxygen atoms in total. The normalized spacial score (nSPS) is 11.8. The molecule has 0 saturated heterocycles. The van der Waals surface area contributed by atoms with E-state index in [1.165, 1.54) is 0 Å². The van der Waals surface area contributed by atoms with E-state index >= 15 is 0 Å². The first-order valence-corrected chi connectivity index (χ1v) is 8.51. The maximum atomic E-state index is 12.6. The molecule has 1 aromatic carbocycles. The summed E-state index contributed by atoms with van der Waals surface area (Å²) >= 11 is 0. The van der Waals surface area contributed by atoms with Gasteiger partial charge in [-0.2, -0.15) is 0 Å². The number of aromatic nitrogens is 1. The monoisotopic (exact) mass is 339 g/mol. The number of nitrogens with one attached hydrogen (secondary N) is 1. The summed E-state index contributed by atoms with van der Waals surface area (Å²) in [5.41, 5.74) is 1.79. The number of hydrogen-bond donors (Lipinski definition) is 1. The molecule has 0 spiro atoms. The van der Waals surface area contributed by atoms with Gasteiger partial charge in [0.25, 0.3) is 0 Å². The van der Waals surface area contributed by atoms with Crippen LogP contribution in [0.5, 0.6) is 0 Å². The van der Waals surface area contributed by atoms with Crippen LogP contribution in [0.25, 0.3) is 0 Å². The molecular weight excluding hydrogens is 314 g/mol. The smallest absolute Gasteiger partial charge is 0.242 e. The zero-order valence-corrected chi connectivity index (χ0v) is 15.0. The van der Waals surface area contributed by atoms with Gasteiger partial charge < -0.3 is 10.2 Å². The SMILES string of the molecule is CC(C)C(=O)N(Cc1ccccc1)[C@@H](C)C(=O)NCc1ccccn1. The molecule has 0 aliphatic heterocycles. The van der Waals surface area contributed by atoms with Crippen molar-refractivity contribution in [3.05, 3.63) is 66.0 Å². The van der Waals surface area contributed by atoms with E-state index in [9.17, 15) is 9.59 Å². The number of rotatable bonds is 7. The number of pyridine rings is 1. The molecule has 0 aliphatic rings. The van der Waals surface area contributed by atoms with Crippen LogP contribution in [0.4, 0.5) is 0 Å². The van der Waals surface area contributed by atoms with Gasteiger partial charge in [0.1, 0.15) is 6.04 Å². The lowest BCUT2D eigenvalue weighted by Gasteiger charge is -2.30. The van der Waals surface area contributed by atoms with Gasteiger partial charge in [0.2, 0.25) is 11.8 Å². The van der Waals surface area contributed by atoms with Crippen LogP contribution in [0.2, 0.25) is 0 Å².